The molecule has 0 saturated heterocycles. The maximum atomic E-state index is 12.0. The lowest BCUT2D eigenvalue weighted by molar-refractivity contribution is 0.303. The Kier molecular flexibility index (Phi) is 4.29. The average molecular weight is 375 g/mol. The molecule has 0 radical (unpaired) electrons. The molecule has 0 N–H and O–H groups in total. The third-order valence-corrected chi connectivity index (χ3v) is 4.03. The van der Waals surface area contributed by atoms with Gasteiger partial charge in [-0.15, -0.1) is 0 Å². The highest BCUT2D eigenvalue weighted by Gasteiger charge is 2.11. The van der Waals surface area contributed by atoms with Gasteiger partial charge in [0.2, 0.25) is 0 Å². The van der Waals surface area contributed by atoms with E-state index in [1.54, 1.807) is 7.05 Å². The van der Waals surface area contributed by atoms with Crippen LogP contribution in [0.4, 0.5) is 0 Å². The number of hydrogen-bond acceptors (Lipinski definition) is 4. The van der Waals surface area contributed by atoms with E-state index in [1.807, 2.05) is 49.4 Å². The van der Waals surface area contributed by atoms with Crippen LogP contribution in [0.5, 0.6) is 5.75 Å². The molecule has 7 heteroatoms. The first-order valence-corrected chi connectivity index (χ1v) is 7.82. The van der Waals surface area contributed by atoms with Gasteiger partial charge < -0.3 is 4.74 Å². The second kappa shape index (κ2) is 6.37. The number of benzene rings is 2. The third-order valence-electron chi connectivity index (χ3n) is 3.41. The fourth-order valence-electron chi connectivity index (χ4n) is 2.18. The summed E-state index contributed by atoms with van der Waals surface area (Å²) in [4.78, 5) is 12.0. The van der Waals surface area contributed by atoms with E-state index in [0.717, 1.165) is 21.3 Å². The lowest BCUT2D eigenvalue weighted by Crippen LogP contribution is -2.23. The van der Waals surface area contributed by atoms with Gasteiger partial charge in [0, 0.05) is 12.6 Å². The van der Waals surface area contributed by atoms with Crippen LogP contribution in [0.25, 0.3) is 5.69 Å². The molecule has 1 aromatic heterocycles. The van der Waals surface area contributed by atoms with Crippen molar-refractivity contribution in [2.45, 2.75) is 13.5 Å². The standard InChI is InChI=1S/C16H15BrN4O2/c1-11-7-8-15(13(17)9-11)23-10-12-5-3-4-6-14(12)21-16(22)20(2)18-19-21/h3-9H,10H2,1-2H3. The summed E-state index contributed by atoms with van der Waals surface area (Å²) in [6, 6.07) is 13.4. The molecular weight excluding hydrogens is 360 g/mol. The number of aromatic nitrogens is 4. The molecule has 0 saturated carbocycles. The molecule has 0 unspecified atom stereocenters. The zero-order valence-corrected chi connectivity index (χ0v) is 14.3. The fraction of sp³-hybridized carbons (Fsp3) is 0.188. The molecule has 0 bridgehead atoms. The highest BCUT2D eigenvalue weighted by molar-refractivity contribution is 9.10. The number of hydrogen-bond donors (Lipinski definition) is 0. The molecule has 118 valence electrons. The molecule has 1 heterocycles. The zero-order valence-electron chi connectivity index (χ0n) is 12.7. The van der Waals surface area contributed by atoms with Crippen molar-refractivity contribution in [1.29, 1.82) is 0 Å². The summed E-state index contributed by atoms with van der Waals surface area (Å²) < 4.78 is 9.22. The Labute approximate surface area is 141 Å². The van der Waals surface area contributed by atoms with E-state index in [-0.39, 0.29) is 5.69 Å². The second-order valence-corrected chi connectivity index (χ2v) is 6.00. The third kappa shape index (κ3) is 3.19. The monoisotopic (exact) mass is 374 g/mol. The maximum Gasteiger partial charge on any atom is 0.368 e. The van der Waals surface area contributed by atoms with E-state index in [2.05, 4.69) is 26.4 Å². The SMILES string of the molecule is Cc1ccc(OCc2ccccc2-n2nnn(C)c2=O)c(Br)c1. The Morgan fingerprint density at radius 3 is 2.65 bits per heavy atom. The molecule has 3 rings (SSSR count). The lowest BCUT2D eigenvalue weighted by atomic mass is 10.2. The van der Waals surface area contributed by atoms with Crippen LogP contribution in [-0.4, -0.2) is 19.8 Å². The van der Waals surface area contributed by atoms with Crippen LogP contribution >= 0.6 is 15.9 Å². The van der Waals surface area contributed by atoms with Gasteiger partial charge >= 0.3 is 5.69 Å². The summed E-state index contributed by atoms with van der Waals surface area (Å²) >= 11 is 3.49. The molecular formula is C16H15BrN4O2. The van der Waals surface area contributed by atoms with Crippen molar-refractivity contribution in [1.82, 2.24) is 19.8 Å². The fourth-order valence-corrected chi connectivity index (χ4v) is 2.79. The molecule has 0 aliphatic carbocycles. The van der Waals surface area contributed by atoms with Crippen molar-refractivity contribution in [3.05, 3.63) is 68.5 Å². The molecule has 2 aromatic carbocycles. The average Bonchev–Trinajstić information content (AvgIpc) is 2.86. The van der Waals surface area contributed by atoms with Gasteiger partial charge in [0.15, 0.2) is 0 Å². The summed E-state index contributed by atoms with van der Waals surface area (Å²) in [5.74, 6) is 0.747. The van der Waals surface area contributed by atoms with Crippen LogP contribution in [0.3, 0.4) is 0 Å². The number of aryl methyl sites for hydroxylation is 2. The number of nitrogens with zero attached hydrogens (tertiary/aromatic N) is 4. The summed E-state index contributed by atoms with van der Waals surface area (Å²) in [6.45, 7) is 2.34. The Hall–Kier alpha value is -2.41. The van der Waals surface area contributed by atoms with Crippen molar-refractivity contribution in [2.24, 2.45) is 7.05 Å². The van der Waals surface area contributed by atoms with Crippen LogP contribution in [0.2, 0.25) is 0 Å². The van der Waals surface area contributed by atoms with E-state index in [4.69, 9.17) is 4.74 Å². The van der Waals surface area contributed by atoms with E-state index in [0.29, 0.717) is 12.3 Å². The van der Waals surface area contributed by atoms with Crippen LogP contribution in [0.15, 0.2) is 51.7 Å². The van der Waals surface area contributed by atoms with Gasteiger partial charge in [-0.25, -0.2) is 4.79 Å². The van der Waals surface area contributed by atoms with Gasteiger partial charge in [0.1, 0.15) is 12.4 Å². The second-order valence-electron chi connectivity index (χ2n) is 5.15. The quantitative estimate of drug-likeness (QED) is 0.704. The lowest BCUT2D eigenvalue weighted by Gasteiger charge is -2.11. The molecule has 0 fully saturated rings. The van der Waals surface area contributed by atoms with Crippen LogP contribution in [-0.2, 0) is 13.7 Å². The van der Waals surface area contributed by atoms with Crippen LogP contribution in [0, 0.1) is 6.92 Å². The smallest absolute Gasteiger partial charge is 0.368 e. The van der Waals surface area contributed by atoms with Gasteiger partial charge in [-0.05, 0) is 57.0 Å². The molecule has 0 aliphatic heterocycles. The number of halogens is 1. The van der Waals surface area contributed by atoms with E-state index < -0.39 is 0 Å². The number of para-hydroxylation sites is 1. The molecule has 23 heavy (non-hydrogen) atoms. The summed E-state index contributed by atoms with van der Waals surface area (Å²) in [5.41, 5.74) is 2.36. The van der Waals surface area contributed by atoms with Crippen molar-refractivity contribution < 1.29 is 4.74 Å². The van der Waals surface area contributed by atoms with E-state index >= 15 is 0 Å². The topological polar surface area (TPSA) is 61.9 Å². The first-order valence-electron chi connectivity index (χ1n) is 7.02. The van der Waals surface area contributed by atoms with E-state index in [9.17, 15) is 4.79 Å². The maximum absolute atomic E-state index is 12.0. The van der Waals surface area contributed by atoms with Gasteiger partial charge in [-0.2, -0.15) is 9.36 Å². The Bertz CT molecular complexity index is 901. The van der Waals surface area contributed by atoms with Crippen molar-refractivity contribution in [3.63, 3.8) is 0 Å². The highest BCUT2D eigenvalue weighted by atomic mass is 79.9. The Morgan fingerprint density at radius 1 is 1.17 bits per heavy atom. The summed E-state index contributed by atoms with van der Waals surface area (Å²) in [7, 11) is 1.56. The molecule has 0 atom stereocenters. The van der Waals surface area contributed by atoms with Crippen molar-refractivity contribution >= 4 is 15.9 Å². The normalized spacial score (nSPS) is 10.7. The minimum Gasteiger partial charge on any atom is -0.488 e. The van der Waals surface area contributed by atoms with Gasteiger partial charge in [0.25, 0.3) is 0 Å². The highest BCUT2D eigenvalue weighted by Crippen LogP contribution is 2.27. The zero-order chi connectivity index (χ0) is 16.4. The molecule has 0 aliphatic rings. The van der Waals surface area contributed by atoms with Gasteiger partial charge in [0.05, 0.1) is 10.2 Å². The number of tetrazole rings is 1. The van der Waals surface area contributed by atoms with Crippen molar-refractivity contribution in [3.8, 4) is 11.4 Å². The molecule has 0 amide bonds. The molecule has 3 aromatic rings. The first-order chi connectivity index (χ1) is 11.1. The van der Waals surface area contributed by atoms with Crippen LogP contribution in [0.1, 0.15) is 11.1 Å². The predicted octanol–water partition coefficient (Wildman–Crippen LogP) is 2.62. The minimum atomic E-state index is -0.297. The summed E-state index contributed by atoms with van der Waals surface area (Å²) in [5, 5.41) is 7.63. The van der Waals surface area contributed by atoms with E-state index in [1.165, 1.54) is 9.36 Å². The molecule has 0 spiro atoms. The van der Waals surface area contributed by atoms with Crippen molar-refractivity contribution in [2.75, 3.05) is 0 Å². The van der Waals surface area contributed by atoms with Crippen LogP contribution < -0.4 is 10.4 Å². The Balaban J connectivity index is 1.89. The summed E-state index contributed by atoms with van der Waals surface area (Å²) in [6.07, 6.45) is 0. The predicted molar refractivity (Wildman–Crippen MR) is 89.8 cm³/mol. The Morgan fingerprint density at radius 2 is 1.96 bits per heavy atom. The molecule has 6 nitrogen and oxygen atoms in total. The number of ether oxygens (including phenoxy) is 1. The number of rotatable bonds is 4. The largest absolute Gasteiger partial charge is 0.488 e. The first kappa shape index (κ1) is 15.5. The minimum absolute atomic E-state index is 0.297. The van der Waals surface area contributed by atoms with Gasteiger partial charge in [-0.3, -0.25) is 0 Å². The van der Waals surface area contributed by atoms with Gasteiger partial charge in [-0.1, -0.05) is 24.3 Å².